The molecule has 2 rings (SSSR count). The van der Waals surface area contributed by atoms with E-state index in [9.17, 15) is 9.18 Å². The first-order chi connectivity index (χ1) is 9.15. The molecule has 0 spiro atoms. The summed E-state index contributed by atoms with van der Waals surface area (Å²) in [4.78, 5) is 11.6. The van der Waals surface area contributed by atoms with E-state index in [0.29, 0.717) is 16.3 Å². The number of carbonyl (C=O) groups is 1. The fraction of sp³-hybridized carbons (Fsp3) is 0.0714. The van der Waals surface area contributed by atoms with Crippen LogP contribution >= 0.6 is 11.6 Å². The van der Waals surface area contributed by atoms with Gasteiger partial charge in [0.15, 0.2) is 0 Å². The standard InChI is InChI=1S/C14H12ClFN2O/c15-11-5-3-6-12(8-11)18-14(19)17-9-10-4-1-2-7-13(10)16/h1-8H,9H2,(H2,17,18,19). The van der Waals surface area contributed by atoms with Crippen molar-refractivity contribution in [3.63, 3.8) is 0 Å². The van der Waals surface area contributed by atoms with Crippen molar-refractivity contribution in [1.82, 2.24) is 5.32 Å². The average molecular weight is 279 g/mol. The number of hydrogen-bond donors (Lipinski definition) is 2. The third kappa shape index (κ3) is 3.96. The Morgan fingerprint density at radius 1 is 1.16 bits per heavy atom. The van der Waals surface area contributed by atoms with Crippen molar-refractivity contribution >= 4 is 23.3 Å². The Kier molecular flexibility index (Phi) is 4.36. The number of anilines is 1. The molecule has 0 aliphatic carbocycles. The predicted molar refractivity (Wildman–Crippen MR) is 73.7 cm³/mol. The van der Waals surface area contributed by atoms with Crippen LogP contribution in [0.3, 0.4) is 0 Å². The number of nitrogens with one attached hydrogen (secondary N) is 2. The maximum absolute atomic E-state index is 13.3. The van der Waals surface area contributed by atoms with Gasteiger partial charge in [0.25, 0.3) is 0 Å². The van der Waals surface area contributed by atoms with E-state index in [1.807, 2.05) is 0 Å². The first kappa shape index (κ1) is 13.4. The van der Waals surface area contributed by atoms with Crippen molar-refractivity contribution in [1.29, 1.82) is 0 Å². The second kappa shape index (κ2) is 6.20. The molecular weight excluding hydrogens is 267 g/mol. The maximum atomic E-state index is 13.3. The van der Waals surface area contributed by atoms with E-state index >= 15 is 0 Å². The molecule has 2 N–H and O–H groups in total. The molecule has 0 unspecified atom stereocenters. The Balaban J connectivity index is 1.90. The first-order valence-corrected chi connectivity index (χ1v) is 6.07. The molecule has 0 radical (unpaired) electrons. The van der Waals surface area contributed by atoms with Gasteiger partial charge in [0.1, 0.15) is 5.82 Å². The van der Waals surface area contributed by atoms with E-state index in [4.69, 9.17) is 11.6 Å². The molecule has 0 atom stereocenters. The minimum Gasteiger partial charge on any atom is -0.334 e. The normalized spacial score (nSPS) is 10.0. The lowest BCUT2D eigenvalue weighted by Crippen LogP contribution is -2.28. The molecule has 0 saturated carbocycles. The fourth-order valence-corrected chi connectivity index (χ4v) is 1.75. The molecule has 0 bridgehead atoms. The predicted octanol–water partition coefficient (Wildman–Crippen LogP) is 3.80. The monoisotopic (exact) mass is 278 g/mol. The second-order valence-corrected chi connectivity index (χ2v) is 4.35. The number of hydrogen-bond acceptors (Lipinski definition) is 1. The van der Waals surface area contributed by atoms with Crippen LogP contribution in [-0.4, -0.2) is 6.03 Å². The number of amides is 2. The van der Waals surface area contributed by atoms with E-state index in [0.717, 1.165) is 0 Å². The zero-order chi connectivity index (χ0) is 13.7. The molecular formula is C14H12ClFN2O. The minimum absolute atomic E-state index is 0.124. The smallest absolute Gasteiger partial charge is 0.319 e. The lowest BCUT2D eigenvalue weighted by Gasteiger charge is -2.08. The van der Waals surface area contributed by atoms with E-state index in [-0.39, 0.29) is 12.4 Å². The van der Waals surface area contributed by atoms with Gasteiger partial charge in [-0.2, -0.15) is 0 Å². The molecule has 0 aliphatic rings. The first-order valence-electron chi connectivity index (χ1n) is 5.69. The van der Waals surface area contributed by atoms with Gasteiger partial charge in [-0.25, -0.2) is 9.18 Å². The number of rotatable bonds is 3. The minimum atomic E-state index is -0.412. The highest BCUT2D eigenvalue weighted by Gasteiger charge is 2.04. The Hall–Kier alpha value is -2.07. The summed E-state index contributed by atoms with van der Waals surface area (Å²) in [6.45, 7) is 0.124. The van der Waals surface area contributed by atoms with Crippen molar-refractivity contribution in [2.75, 3.05) is 5.32 Å². The third-order valence-corrected chi connectivity index (χ3v) is 2.71. The van der Waals surface area contributed by atoms with Gasteiger partial charge in [-0.3, -0.25) is 0 Å². The highest BCUT2D eigenvalue weighted by Crippen LogP contribution is 2.14. The summed E-state index contributed by atoms with van der Waals surface area (Å²) in [5.41, 5.74) is 1.02. The van der Waals surface area contributed by atoms with Gasteiger partial charge in [-0.1, -0.05) is 35.9 Å². The van der Waals surface area contributed by atoms with Gasteiger partial charge in [-0.15, -0.1) is 0 Å². The molecule has 98 valence electrons. The van der Waals surface area contributed by atoms with Crippen LogP contribution in [0.5, 0.6) is 0 Å². The van der Waals surface area contributed by atoms with E-state index in [1.165, 1.54) is 6.07 Å². The van der Waals surface area contributed by atoms with Crippen LogP contribution < -0.4 is 10.6 Å². The molecule has 0 saturated heterocycles. The summed E-state index contributed by atoms with van der Waals surface area (Å²) in [5, 5.41) is 5.72. The molecule has 2 amide bonds. The summed E-state index contributed by atoms with van der Waals surface area (Å²) in [6, 6.07) is 12.7. The quantitative estimate of drug-likeness (QED) is 0.881. The molecule has 0 aromatic heterocycles. The van der Waals surface area contributed by atoms with Gasteiger partial charge >= 0.3 is 6.03 Å². The Morgan fingerprint density at radius 2 is 1.95 bits per heavy atom. The summed E-state index contributed by atoms with van der Waals surface area (Å²) >= 11 is 5.80. The third-order valence-electron chi connectivity index (χ3n) is 2.48. The van der Waals surface area contributed by atoms with Gasteiger partial charge in [0.05, 0.1) is 0 Å². The van der Waals surface area contributed by atoms with E-state index in [2.05, 4.69) is 10.6 Å². The van der Waals surface area contributed by atoms with Gasteiger partial charge < -0.3 is 10.6 Å². The Labute approximate surface area is 115 Å². The van der Waals surface area contributed by atoms with Crippen molar-refractivity contribution in [2.24, 2.45) is 0 Å². The molecule has 3 nitrogen and oxygen atoms in total. The fourth-order valence-electron chi connectivity index (χ4n) is 1.56. The van der Waals surface area contributed by atoms with Gasteiger partial charge in [0, 0.05) is 22.8 Å². The lowest BCUT2D eigenvalue weighted by molar-refractivity contribution is 0.251. The van der Waals surface area contributed by atoms with Crippen molar-refractivity contribution in [3.8, 4) is 0 Å². The van der Waals surface area contributed by atoms with Crippen LogP contribution in [0.2, 0.25) is 5.02 Å². The number of benzene rings is 2. The topological polar surface area (TPSA) is 41.1 Å². The zero-order valence-electron chi connectivity index (χ0n) is 9.99. The maximum Gasteiger partial charge on any atom is 0.319 e. The van der Waals surface area contributed by atoms with Crippen LogP contribution in [-0.2, 0) is 6.54 Å². The molecule has 2 aromatic rings. The van der Waals surface area contributed by atoms with Gasteiger partial charge in [0.2, 0.25) is 0 Å². The average Bonchev–Trinajstić information content (AvgIpc) is 2.38. The number of urea groups is 1. The molecule has 0 fully saturated rings. The largest absolute Gasteiger partial charge is 0.334 e. The van der Waals surface area contributed by atoms with Crippen molar-refractivity contribution in [3.05, 3.63) is 64.9 Å². The Bertz CT molecular complexity index is 589. The molecule has 5 heteroatoms. The number of carbonyl (C=O) groups excluding carboxylic acids is 1. The zero-order valence-corrected chi connectivity index (χ0v) is 10.7. The summed E-state index contributed by atoms with van der Waals surface area (Å²) in [5.74, 6) is -0.342. The summed E-state index contributed by atoms with van der Waals surface area (Å²) in [6.07, 6.45) is 0. The van der Waals surface area contributed by atoms with Gasteiger partial charge in [-0.05, 0) is 24.3 Å². The van der Waals surface area contributed by atoms with Crippen LogP contribution in [0.15, 0.2) is 48.5 Å². The summed E-state index contributed by atoms with van der Waals surface area (Å²) < 4.78 is 13.3. The molecule has 19 heavy (non-hydrogen) atoms. The van der Waals surface area contributed by atoms with E-state index < -0.39 is 6.03 Å². The number of halogens is 2. The highest BCUT2D eigenvalue weighted by molar-refractivity contribution is 6.30. The SMILES string of the molecule is O=C(NCc1ccccc1F)Nc1cccc(Cl)c1. The van der Waals surface area contributed by atoms with Crippen LogP contribution in [0.4, 0.5) is 14.9 Å². The van der Waals surface area contributed by atoms with Crippen LogP contribution in [0.1, 0.15) is 5.56 Å². The second-order valence-electron chi connectivity index (χ2n) is 3.91. The lowest BCUT2D eigenvalue weighted by atomic mass is 10.2. The van der Waals surface area contributed by atoms with Crippen molar-refractivity contribution < 1.29 is 9.18 Å². The van der Waals surface area contributed by atoms with E-state index in [1.54, 1.807) is 42.5 Å². The molecule has 0 heterocycles. The molecule has 0 aliphatic heterocycles. The Morgan fingerprint density at radius 3 is 2.68 bits per heavy atom. The summed E-state index contributed by atoms with van der Waals surface area (Å²) in [7, 11) is 0. The van der Waals surface area contributed by atoms with Crippen LogP contribution in [0.25, 0.3) is 0 Å². The van der Waals surface area contributed by atoms with Crippen molar-refractivity contribution in [2.45, 2.75) is 6.54 Å². The molecule has 2 aromatic carbocycles. The highest BCUT2D eigenvalue weighted by atomic mass is 35.5. The van der Waals surface area contributed by atoms with Crippen LogP contribution in [0, 0.1) is 5.82 Å².